The van der Waals surface area contributed by atoms with Crippen LogP contribution in [-0.4, -0.2) is 42.0 Å². The lowest BCUT2D eigenvalue weighted by Crippen LogP contribution is -2.40. The number of anilines is 1. The fraction of sp³-hybridized carbons (Fsp3) is 0.542. The molecule has 0 radical (unpaired) electrons. The topological polar surface area (TPSA) is 115 Å². The minimum absolute atomic E-state index is 0.101. The van der Waals surface area contributed by atoms with Crippen molar-refractivity contribution in [3.63, 3.8) is 0 Å². The van der Waals surface area contributed by atoms with Crippen molar-refractivity contribution >= 4 is 21.6 Å². The summed E-state index contributed by atoms with van der Waals surface area (Å²) in [5.74, 6) is 0.0850. The van der Waals surface area contributed by atoms with Crippen molar-refractivity contribution in [1.82, 2.24) is 9.97 Å². The summed E-state index contributed by atoms with van der Waals surface area (Å²) >= 11 is 0. The molecule has 8 nitrogen and oxygen atoms in total. The Balaban J connectivity index is 1.77. The Morgan fingerprint density at radius 3 is 2.48 bits per heavy atom. The number of amides is 1. The summed E-state index contributed by atoms with van der Waals surface area (Å²) in [7, 11) is -4.15. The molecule has 0 bridgehead atoms. The zero-order chi connectivity index (χ0) is 24.0. The van der Waals surface area contributed by atoms with Crippen molar-refractivity contribution in [3.8, 4) is 5.88 Å². The number of sulfone groups is 1. The number of rotatable bonds is 6. The molecule has 1 amide bonds. The third kappa shape index (κ3) is 4.43. The lowest BCUT2D eigenvalue weighted by atomic mass is 9.97. The highest BCUT2D eigenvalue weighted by molar-refractivity contribution is 7.91. The first-order chi connectivity index (χ1) is 15.4. The molecule has 2 aromatic heterocycles. The summed E-state index contributed by atoms with van der Waals surface area (Å²) in [6.45, 7) is 8.89. The van der Waals surface area contributed by atoms with E-state index in [4.69, 9.17) is 10.5 Å². The van der Waals surface area contributed by atoms with Crippen LogP contribution in [0.2, 0.25) is 0 Å². The van der Waals surface area contributed by atoms with E-state index < -0.39 is 15.7 Å². The minimum Gasteiger partial charge on any atom is -0.471 e. The summed E-state index contributed by atoms with van der Waals surface area (Å²) in [5.41, 5.74) is 4.98. The molecule has 2 aliphatic rings. The average Bonchev–Trinajstić information content (AvgIpc) is 3.28. The summed E-state index contributed by atoms with van der Waals surface area (Å²) < 4.78 is 33.4. The first kappa shape index (κ1) is 23.5. The number of aromatic nitrogens is 2. The van der Waals surface area contributed by atoms with E-state index in [2.05, 4.69) is 30.7 Å². The number of carbonyl (C=O) groups excluding carboxylic acids is 1. The number of nitrogens with two attached hydrogens (primary N) is 1. The number of ether oxygens (including phenoxy) is 1. The molecule has 1 aliphatic carbocycles. The van der Waals surface area contributed by atoms with Gasteiger partial charge in [0.2, 0.25) is 15.7 Å². The van der Waals surface area contributed by atoms with Crippen LogP contribution in [0.3, 0.4) is 0 Å². The van der Waals surface area contributed by atoms with E-state index in [-0.39, 0.29) is 32.5 Å². The van der Waals surface area contributed by atoms with Crippen LogP contribution in [0.15, 0.2) is 40.4 Å². The van der Waals surface area contributed by atoms with Gasteiger partial charge in [-0.15, -0.1) is 0 Å². The molecule has 2 N–H and O–H groups in total. The van der Waals surface area contributed by atoms with Crippen LogP contribution >= 0.6 is 0 Å². The Labute approximate surface area is 195 Å². The van der Waals surface area contributed by atoms with Gasteiger partial charge in [-0.2, -0.15) is 0 Å². The van der Waals surface area contributed by atoms with E-state index in [1.54, 1.807) is 12.1 Å². The lowest BCUT2D eigenvalue weighted by Gasteiger charge is -2.33. The first-order valence-electron chi connectivity index (χ1n) is 11.4. The molecule has 1 aliphatic heterocycles. The number of nitrogens with zero attached hydrogens (tertiary/aromatic N) is 3. The molecule has 2 aromatic rings. The SMILES string of the molecule is CC1CN(c2nccc(S(=O)(=O)c3cccc(OC4(C)CCCC4)n3)c2C(N)=O)C(C)(C)C1. The van der Waals surface area contributed by atoms with Gasteiger partial charge in [-0.1, -0.05) is 13.0 Å². The van der Waals surface area contributed by atoms with E-state index in [0.29, 0.717) is 18.3 Å². The standard InChI is InChI=1S/C24H32N4O4S/c1-16-14-23(2,3)28(15-16)22-20(21(25)29)17(10-13-26-22)33(30,31)19-9-7-8-18(27-19)32-24(4)11-5-6-12-24/h7-10,13,16H,5-6,11-12,14-15H2,1-4H3,(H2,25,29). The number of hydrogen-bond acceptors (Lipinski definition) is 7. The predicted octanol–water partition coefficient (Wildman–Crippen LogP) is 3.74. The largest absolute Gasteiger partial charge is 0.471 e. The average molecular weight is 473 g/mol. The maximum absolute atomic E-state index is 13.6. The molecular formula is C24H32N4O4S. The van der Waals surface area contributed by atoms with E-state index >= 15 is 0 Å². The molecule has 0 aromatic carbocycles. The molecule has 3 heterocycles. The van der Waals surface area contributed by atoms with Crippen molar-refractivity contribution in [1.29, 1.82) is 0 Å². The van der Waals surface area contributed by atoms with E-state index in [1.165, 1.54) is 18.3 Å². The molecule has 1 unspecified atom stereocenters. The molecule has 1 atom stereocenters. The van der Waals surface area contributed by atoms with E-state index in [9.17, 15) is 13.2 Å². The Kier molecular flexibility index (Phi) is 5.88. The second-order valence-electron chi connectivity index (χ2n) is 10.2. The maximum atomic E-state index is 13.6. The monoisotopic (exact) mass is 472 g/mol. The van der Waals surface area contributed by atoms with Gasteiger partial charge in [0.15, 0.2) is 5.03 Å². The van der Waals surface area contributed by atoms with Crippen LogP contribution in [0.5, 0.6) is 5.88 Å². The van der Waals surface area contributed by atoms with Gasteiger partial charge in [0.05, 0.1) is 4.90 Å². The van der Waals surface area contributed by atoms with E-state index in [1.807, 2.05) is 11.8 Å². The van der Waals surface area contributed by atoms with Gasteiger partial charge in [0, 0.05) is 24.3 Å². The Hall–Kier alpha value is -2.68. The zero-order valence-corrected chi connectivity index (χ0v) is 20.5. The smallest absolute Gasteiger partial charge is 0.253 e. The summed E-state index contributed by atoms with van der Waals surface area (Å²) in [5, 5.41) is -0.185. The second kappa shape index (κ2) is 8.27. The van der Waals surface area contributed by atoms with Crippen molar-refractivity contribution < 1.29 is 17.9 Å². The number of primary amides is 1. The van der Waals surface area contributed by atoms with Crippen LogP contribution < -0.4 is 15.4 Å². The van der Waals surface area contributed by atoms with Gasteiger partial charge in [-0.05, 0) is 70.9 Å². The number of hydrogen-bond donors (Lipinski definition) is 1. The fourth-order valence-corrected chi connectivity index (χ4v) is 6.64. The minimum atomic E-state index is -4.15. The predicted molar refractivity (Wildman–Crippen MR) is 125 cm³/mol. The van der Waals surface area contributed by atoms with Crippen LogP contribution in [0, 0.1) is 5.92 Å². The fourth-order valence-electron chi connectivity index (χ4n) is 5.25. The van der Waals surface area contributed by atoms with Gasteiger partial charge in [-0.25, -0.2) is 18.4 Å². The lowest BCUT2D eigenvalue weighted by molar-refractivity contribution is 0.0900. The zero-order valence-electron chi connectivity index (χ0n) is 19.7. The normalized spacial score (nSPS) is 21.8. The van der Waals surface area contributed by atoms with Gasteiger partial charge < -0.3 is 15.4 Å². The molecule has 4 rings (SSSR count). The third-order valence-corrected chi connectivity index (χ3v) is 8.44. The molecule has 178 valence electrons. The van der Waals surface area contributed by atoms with Crippen LogP contribution in [0.25, 0.3) is 0 Å². The van der Waals surface area contributed by atoms with Crippen LogP contribution in [-0.2, 0) is 9.84 Å². The number of pyridine rings is 2. The van der Waals surface area contributed by atoms with Crippen molar-refractivity contribution in [2.75, 3.05) is 11.4 Å². The summed E-state index contributed by atoms with van der Waals surface area (Å²) in [6.07, 6.45) is 6.24. The molecule has 33 heavy (non-hydrogen) atoms. The summed E-state index contributed by atoms with van der Waals surface area (Å²) in [4.78, 5) is 23.0. The molecular weight excluding hydrogens is 440 g/mol. The number of carbonyl (C=O) groups is 1. The van der Waals surface area contributed by atoms with Crippen molar-refractivity contribution in [2.24, 2.45) is 11.7 Å². The van der Waals surface area contributed by atoms with Crippen LogP contribution in [0.4, 0.5) is 5.82 Å². The van der Waals surface area contributed by atoms with Gasteiger partial charge in [0.25, 0.3) is 5.91 Å². The molecule has 0 spiro atoms. The molecule has 1 saturated carbocycles. The van der Waals surface area contributed by atoms with Crippen LogP contribution in [0.1, 0.15) is 70.2 Å². The highest BCUT2D eigenvalue weighted by atomic mass is 32.2. The van der Waals surface area contributed by atoms with Gasteiger partial charge in [0.1, 0.15) is 17.0 Å². The quantitative estimate of drug-likeness (QED) is 0.681. The molecule has 1 saturated heterocycles. The summed E-state index contributed by atoms with van der Waals surface area (Å²) in [6, 6.07) is 5.99. The first-order valence-corrected chi connectivity index (χ1v) is 12.9. The Morgan fingerprint density at radius 1 is 1.18 bits per heavy atom. The second-order valence-corrected chi connectivity index (χ2v) is 12.0. The Morgan fingerprint density at radius 2 is 1.88 bits per heavy atom. The van der Waals surface area contributed by atoms with Crippen molar-refractivity contribution in [2.45, 2.75) is 80.9 Å². The van der Waals surface area contributed by atoms with E-state index in [0.717, 1.165) is 32.1 Å². The van der Waals surface area contributed by atoms with Gasteiger partial charge in [-0.3, -0.25) is 4.79 Å². The third-order valence-electron chi connectivity index (χ3n) is 6.74. The van der Waals surface area contributed by atoms with Gasteiger partial charge >= 0.3 is 0 Å². The highest BCUT2D eigenvalue weighted by Gasteiger charge is 2.40. The van der Waals surface area contributed by atoms with Crippen molar-refractivity contribution in [3.05, 3.63) is 36.0 Å². The molecule has 2 fully saturated rings. The molecule has 9 heteroatoms. The highest BCUT2D eigenvalue weighted by Crippen LogP contribution is 2.39. The Bertz CT molecular complexity index is 1170. The maximum Gasteiger partial charge on any atom is 0.253 e.